The molecule has 0 saturated carbocycles. The normalized spacial score (nSPS) is 17.8. The van der Waals surface area contributed by atoms with Crippen LogP contribution in [0.25, 0.3) is 16.0 Å². The Morgan fingerprint density at radius 1 is 1.15 bits per heavy atom. The molecule has 0 radical (unpaired) electrons. The number of benzene rings is 2. The average Bonchev–Trinajstić information content (AvgIpc) is 3.23. The van der Waals surface area contributed by atoms with Crippen LogP contribution >= 0.6 is 23.1 Å². The van der Waals surface area contributed by atoms with Gasteiger partial charge in [0.05, 0.1) is 18.0 Å². The second-order valence-electron chi connectivity index (χ2n) is 8.40. The van der Waals surface area contributed by atoms with E-state index >= 15 is 0 Å². The predicted octanol–water partition coefficient (Wildman–Crippen LogP) is 5.66. The zero-order valence-corrected chi connectivity index (χ0v) is 20.2. The Hall–Kier alpha value is -2.74. The number of para-hydroxylation sites is 1. The molecule has 2 aromatic carbocycles. The molecule has 0 aliphatic carbocycles. The summed E-state index contributed by atoms with van der Waals surface area (Å²) in [5, 5.41) is 0.648. The molecule has 5 nitrogen and oxygen atoms in total. The number of carbonyl (C=O) groups is 1. The van der Waals surface area contributed by atoms with Crippen molar-refractivity contribution in [2.24, 2.45) is 0 Å². The molecule has 1 unspecified atom stereocenters. The van der Waals surface area contributed by atoms with Crippen molar-refractivity contribution in [3.63, 3.8) is 0 Å². The van der Waals surface area contributed by atoms with E-state index in [1.807, 2.05) is 65.2 Å². The molecule has 0 fully saturated rings. The fourth-order valence-electron chi connectivity index (χ4n) is 4.00. The van der Waals surface area contributed by atoms with Gasteiger partial charge in [0.1, 0.15) is 10.3 Å². The van der Waals surface area contributed by atoms with Crippen LogP contribution in [0.5, 0.6) is 0 Å². The van der Waals surface area contributed by atoms with Crippen LogP contribution in [0.4, 0.5) is 0 Å². The summed E-state index contributed by atoms with van der Waals surface area (Å²) >= 11 is 2.93. The van der Waals surface area contributed by atoms with E-state index in [-0.39, 0.29) is 22.6 Å². The van der Waals surface area contributed by atoms with Crippen molar-refractivity contribution in [2.45, 2.75) is 44.1 Å². The number of ether oxygens (including phenoxy) is 1. The number of aromatic nitrogens is 2. The lowest BCUT2D eigenvalue weighted by Crippen LogP contribution is -2.37. The molecule has 168 valence electrons. The van der Waals surface area contributed by atoms with Gasteiger partial charge in [-0.3, -0.25) is 14.2 Å². The number of rotatable bonds is 6. The van der Waals surface area contributed by atoms with E-state index < -0.39 is 0 Å². The quantitative estimate of drug-likeness (QED) is 0.265. The fourth-order valence-corrected chi connectivity index (χ4v) is 6.13. The zero-order chi connectivity index (χ0) is 23.0. The molecule has 33 heavy (non-hydrogen) atoms. The Balaban J connectivity index is 1.60. The standard InChI is InChI=1S/C26H24N2O3S2/c1-3-26(2)14-19-21(15-31-26)33-24-22(23(19)30)27-25(28(24)18-12-8-5-9-13-18)32-16-20(29)17-10-6-4-7-11-17/h4-13H,3,14-16H2,1-2H3. The van der Waals surface area contributed by atoms with Crippen molar-refractivity contribution in [3.8, 4) is 5.69 Å². The van der Waals surface area contributed by atoms with Gasteiger partial charge < -0.3 is 4.74 Å². The van der Waals surface area contributed by atoms with Gasteiger partial charge in [0, 0.05) is 28.1 Å². The third-order valence-corrected chi connectivity index (χ3v) is 8.26. The molecule has 4 aromatic rings. The molecule has 2 aromatic heterocycles. The number of nitrogens with zero attached hydrogens (tertiary/aromatic N) is 2. The van der Waals surface area contributed by atoms with E-state index in [1.165, 1.54) is 11.8 Å². The number of hydrogen-bond donors (Lipinski definition) is 0. The molecule has 0 spiro atoms. The average molecular weight is 477 g/mol. The molecule has 1 aliphatic rings. The number of hydrogen-bond acceptors (Lipinski definition) is 6. The maximum absolute atomic E-state index is 13.5. The van der Waals surface area contributed by atoms with Crippen LogP contribution in [0.15, 0.2) is 70.6 Å². The van der Waals surface area contributed by atoms with Gasteiger partial charge in [-0.2, -0.15) is 0 Å². The second-order valence-corrected chi connectivity index (χ2v) is 10.4. The summed E-state index contributed by atoms with van der Waals surface area (Å²) in [4.78, 5) is 32.8. The van der Waals surface area contributed by atoms with E-state index in [0.717, 1.165) is 27.4 Å². The predicted molar refractivity (Wildman–Crippen MR) is 134 cm³/mol. The summed E-state index contributed by atoms with van der Waals surface area (Å²) < 4.78 is 8.12. The summed E-state index contributed by atoms with van der Waals surface area (Å²) in [5.41, 5.74) is 2.53. The minimum absolute atomic E-state index is 0.0207. The van der Waals surface area contributed by atoms with Crippen LogP contribution in [-0.4, -0.2) is 26.7 Å². The van der Waals surface area contributed by atoms with Crippen molar-refractivity contribution in [2.75, 3.05) is 5.75 Å². The third kappa shape index (κ3) is 4.16. The van der Waals surface area contributed by atoms with Crippen LogP contribution in [0.3, 0.4) is 0 Å². The molecule has 0 amide bonds. The molecular weight excluding hydrogens is 452 g/mol. The maximum Gasteiger partial charge on any atom is 0.211 e. The summed E-state index contributed by atoms with van der Waals surface area (Å²) in [6, 6.07) is 19.1. The van der Waals surface area contributed by atoms with E-state index in [9.17, 15) is 9.59 Å². The number of imidazole rings is 1. The van der Waals surface area contributed by atoms with Gasteiger partial charge in [-0.25, -0.2) is 4.98 Å². The highest BCUT2D eigenvalue weighted by molar-refractivity contribution is 7.99. The topological polar surface area (TPSA) is 61.2 Å². The smallest absolute Gasteiger partial charge is 0.211 e. The Bertz CT molecular complexity index is 1380. The summed E-state index contributed by atoms with van der Waals surface area (Å²) in [6.07, 6.45) is 1.44. The Labute approximate surface area is 200 Å². The molecule has 1 atom stereocenters. The van der Waals surface area contributed by atoms with Crippen LogP contribution in [-0.2, 0) is 17.8 Å². The number of fused-ring (bicyclic) bond motifs is 2. The molecule has 0 bridgehead atoms. The van der Waals surface area contributed by atoms with E-state index in [1.54, 1.807) is 11.3 Å². The molecular formula is C26H24N2O3S2. The first-order valence-corrected chi connectivity index (χ1v) is 12.8. The lowest BCUT2D eigenvalue weighted by atomic mass is 9.91. The lowest BCUT2D eigenvalue weighted by molar-refractivity contribution is -0.0550. The van der Waals surface area contributed by atoms with Crippen LogP contribution < -0.4 is 5.43 Å². The molecule has 0 saturated heterocycles. The first-order valence-electron chi connectivity index (χ1n) is 11.0. The van der Waals surface area contributed by atoms with Gasteiger partial charge in [-0.05, 0) is 25.5 Å². The Morgan fingerprint density at radius 2 is 1.85 bits per heavy atom. The second kappa shape index (κ2) is 8.89. The van der Waals surface area contributed by atoms with Crippen molar-refractivity contribution in [3.05, 3.63) is 86.9 Å². The van der Waals surface area contributed by atoms with Gasteiger partial charge in [0.15, 0.2) is 10.9 Å². The zero-order valence-electron chi connectivity index (χ0n) is 18.5. The van der Waals surface area contributed by atoms with Crippen molar-refractivity contribution in [1.82, 2.24) is 9.55 Å². The SMILES string of the molecule is CCC1(C)Cc2c(sc3c(nc(SCC(=O)c4ccccc4)n3-c3ccccc3)c2=O)CO1. The van der Waals surface area contributed by atoms with Gasteiger partial charge in [0.25, 0.3) is 0 Å². The third-order valence-electron chi connectivity index (χ3n) is 6.14. The summed E-state index contributed by atoms with van der Waals surface area (Å²) in [5.74, 6) is 0.278. The number of thioether (sulfide) groups is 1. The molecule has 1 aliphatic heterocycles. The highest BCUT2D eigenvalue weighted by atomic mass is 32.2. The van der Waals surface area contributed by atoms with Gasteiger partial charge >= 0.3 is 0 Å². The number of Topliss-reactive ketones (excluding diaryl/α,β-unsaturated/α-hetero) is 1. The van der Waals surface area contributed by atoms with E-state index in [2.05, 4.69) is 13.8 Å². The summed E-state index contributed by atoms with van der Waals surface area (Å²) in [6.45, 7) is 4.58. The molecule has 7 heteroatoms. The molecule has 0 N–H and O–H groups in total. The van der Waals surface area contributed by atoms with Crippen molar-refractivity contribution < 1.29 is 9.53 Å². The Morgan fingerprint density at radius 3 is 2.55 bits per heavy atom. The summed E-state index contributed by atoms with van der Waals surface area (Å²) in [7, 11) is 0. The molecule has 3 heterocycles. The minimum atomic E-state index is -0.325. The van der Waals surface area contributed by atoms with Crippen molar-refractivity contribution >= 4 is 39.2 Å². The Kier molecular flexibility index (Phi) is 5.95. The maximum atomic E-state index is 13.5. The van der Waals surface area contributed by atoms with Crippen LogP contribution in [0, 0.1) is 0 Å². The van der Waals surface area contributed by atoms with Gasteiger partial charge in [-0.1, -0.05) is 67.2 Å². The van der Waals surface area contributed by atoms with Crippen LogP contribution in [0.1, 0.15) is 41.1 Å². The fraction of sp³-hybridized carbons (Fsp3) is 0.269. The van der Waals surface area contributed by atoms with Gasteiger partial charge in [-0.15, -0.1) is 11.3 Å². The monoisotopic (exact) mass is 476 g/mol. The highest BCUT2D eigenvalue weighted by Gasteiger charge is 2.33. The largest absolute Gasteiger partial charge is 0.369 e. The minimum Gasteiger partial charge on any atom is -0.369 e. The lowest BCUT2D eigenvalue weighted by Gasteiger charge is -2.33. The van der Waals surface area contributed by atoms with Crippen LogP contribution in [0.2, 0.25) is 0 Å². The number of carbonyl (C=O) groups excluding carboxylic acids is 1. The molecule has 5 rings (SSSR count). The first kappa shape index (κ1) is 22.1. The first-order chi connectivity index (χ1) is 16.0. The highest BCUT2D eigenvalue weighted by Crippen LogP contribution is 2.36. The van der Waals surface area contributed by atoms with E-state index in [4.69, 9.17) is 9.72 Å². The van der Waals surface area contributed by atoms with Crippen molar-refractivity contribution in [1.29, 1.82) is 0 Å². The number of ketones is 1. The van der Waals surface area contributed by atoms with E-state index in [0.29, 0.717) is 29.3 Å². The van der Waals surface area contributed by atoms with Gasteiger partial charge in [0.2, 0.25) is 5.43 Å².